The normalized spacial score (nSPS) is 43.8. The average molecular weight is 505 g/mol. The van der Waals surface area contributed by atoms with E-state index in [0.29, 0.717) is 5.92 Å². The predicted octanol–water partition coefficient (Wildman–Crippen LogP) is 3.10. The van der Waals surface area contributed by atoms with E-state index in [2.05, 4.69) is 31.7 Å². The van der Waals surface area contributed by atoms with E-state index >= 15 is 0 Å². The lowest BCUT2D eigenvalue weighted by Gasteiger charge is -2.44. The van der Waals surface area contributed by atoms with Crippen LogP contribution in [0.5, 0.6) is 0 Å². The lowest BCUT2D eigenvalue weighted by molar-refractivity contribution is -0.124. The van der Waals surface area contributed by atoms with Gasteiger partial charge in [-0.05, 0) is 58.9 Å². The van der Waals surface area contributed by atoms with Gasteiger partial charge in [-0.3, -0.25) is 0 Å². The molecule has 8 atom stereocenters. The Hall–Kier alpha value is -1.19. The summed E-state index contributed by atoms with van der Waals surface area (Å²) in [6, 6.07) is 0. The second kappa shape index (κ2) is 9.53. The van der Waals surface area contributed by atoms with Gasteiger partial charge in [-0.2, -0.15) is 0 Å². The number of carbonyl (C=O) groups is 1. The van der Waals surface area contributed by atoms with Crippen molar-refractivity contribution in [3.05, 3.63) is 11.6 Å². The monoisotopic (exact) mass is 504 g/mol. The fourth-order valence-electron chi connectivity index (χ4n) is 7.51. The third-order valence-corrected chi connectivity index (χ3v) is 9.87. The number of fused-ring (bicyclic) bond motifs is 1. The molecule has 6 fully saturated rings. The number of likely N-dealkylation sites (tertiary alicyclic amines) is 2. The van der Waals surface area contributed by atoms with Crippen LogP contribution in [-0.4, -0.2) is 105 Å². The van der Waals surface area contributed by atoms with Gasteiger partial charge >= 0.3 is 6.09 Å². The van der Waals surface area contributed by atoms with Crippen LogP contribution in [0.25, 0.3) is 0 Å². The Morgan fingerprint density at radius 3 is 2.50 bits per heavy atom. The first-order valence-corrected chi connectivity index (χ1v) is 14.0. The second-order valence-corrected chi connectivity index (χ2v) is 12.7. The van der Waals surface area contributed by atoms with Crippen LogP contribution in [-0.2, 0) is 23.7 Å². The third-order valence-electron chi connectivity index (χ3n) is 9.87. The van der Waals surface area contributed by atoms with E-state index in [1.54, 1.807) is 7.11 Å². The van der Waals surface area contributed by atoms with Crippen molar-refractivity contribution in [3.8, 4) is 0 Å². The molecule has 8 nitrogen and oxygen atoms in total. The number of hydrogen-bond donors (Lipinski definition) is 0. The molecule has 5 aliphatic heterocycles. The summed E-state index contributed by atoms with van der Waals surface area (Å²) in [6.07, 6.45) is 5.42. The quantitative estimate of drug-likeness (QED) is 0.371. The van der Waals surface area contributed by atoms with E-state index < -0.39 is 0 Å². The largest absolute Gasteiger partial charge is 0.443 e. The molecule has 6 rings (SSSR count). The highest BCUT2D eigenvalue weighted by Crippen LogP contribution is 2.59. The van der Waals surface area contributed by atoms with Gasteiger partial charge in [0, 0.05) is 45.1 Å². The lowest BCUT2D eigenvalue weighted by Crippen LogP contribution is -2.57. The van der Waals surface area contributed by atoms with Crippen molar-refractivity contribution in [1.82, 2.24) is 9.80 Å². The van der Waals surface area contributed by atoms with Gasteiger partial charge in [0.15, 0.2) is 0 Å². The van der Waals surface area contributed by atoms with Crippen molar-refractivity contribution in [2.24, 2.45) is 23.7 Å². The molecule has 0 radical (unpaired) electrons. The molecule has 1 spiro atoms. The molecule has 0 aromatic rings. The van der Waals surface area contributed by atoms with Crippen LogP contribution in [0, 0.1) is 23.7 Å². The maximum atomic E-state index is 13.0. The Bertz CT molecular complexity index is 854. The van der Waals surface area contributed by atoms with E-state index in [9.17, 15) is 4.79 Å². The Morgan fingerprint density at radius 2 is 1.86 bits per heavy atom. The van der Waals surface area contributed by atoms with Crippen molar-refractivity contribution in [3.63, 3.8) is 0 Å². The fourth-order valence-corrected chi connectivity index (χ4v) is 7.51. The smallest absolute Gasteiger partial charge is 0.410 e. The Balaban J connectivity index is 0.997. The molecule has 0 aromatic carbocycles. The standard InChI is InChI=1S/C28H44N2O6/c1-18(2)5-6-23-27(3,36-23)25-24(32-4)22(7-9-28(25)17-34-28)35-26(31)30-11-19(12-30)8-10-29-13-20-15-33-16-21(20)14-29/h5,19-25H,6-17H2,1-4H3/t20-,21+,22-,23-,24-,25-,27+,28+/m1/s1. The Morgan fingerprint density at radius 1 is 1.14 bits per heavy atom. The molecule has 202 valence electrons. The van der Waals surface area contributed by atoms with Gasteiger partial charge in [-0.1, -0.05) is 11.6 Å². The van der Waals surface area contributed by atoms with Gasteiger partial charge in [-0.25, -0.2) is 4.79 Å². The van der Waals surface area contributed by atoms with Gasteiger partial charge in [0.2, 0.25) is 0 Å². The molecule has 1 saturated carbocycles. The summed E-state index contributed by atoms with van der Waals surface area (Å²) < 4.78 is 30.0. The molecule has 0 N–H and O–H groups in total. The highest BCUT2D eigenvalue weighted by molar-refractivity contribution is 5.69. The first kappa shape index (κ1) is 25.1. The van der Waals surface area contributed by atoms with E-state index in [1.807, 2.05) is 4.90 Å². The number of ether oxygens (including phenoxy) is 5. The number of nitrogens with zero attached hydrogens (tertiary/aromatic N) is 2. The molecule has 0 aromatic heterocycles. The molecule has 1 aliphatic carbocycles. The summed E-state index contributed by atoms with van der Waals surface area (Å²) in [6.45, 7) is 14.1. The topological polar surface area (TPSA) is 76.3 Å². The number of carbonyl (C=O) groups excluding carboxylic acids is 1. The van der Waals surface area contributed by atoms with Gasteiger partial charge in [0.25, 0.3) is 0 Å². The minimum absolute atomic E-state index is 0.0617. The van der Waals surface area contributed by atoms with E-state index in [0.717, 1.165) is 77.0 Å². The van der Waals surface area contributed by atoms with E-state index in [-0.39, 0.29) is 41.5 Å². The van der Waals surface area contributed by atoms with Crippen LogP contribution in [0.1, 0.15) is 46.5 Å². The van der Waals surface area contributed by atoms with Crippen LogP contribution in [0.3, 0.4) is 0 Å². The number of epoxide rings is 2. The summed E-state index contributed by atoms with van der Waals surface area (Å²) in [5, 5.41) is 0. The SMILES string of the molecule is CO[C@@H]1[C@H](OC(=O)N2CC(CCN3C[C@H]4COC[C@H]4C3)C2)CC[C@]2(CO2)[C@H]1[C@@]1(C)O[C@@H]1CC=C(C)C. The van der Waals surface area contributed by atoms with Gasteiger partial charge in [0.05, 0.1) is 31.8 Å². The van der Waals surface area contributed by atoms with Crippen LogP contribution in [0.2, 0.25) is 0 Å². The predicted molar refractivity (Wildman–Crippen MR) is 134 cm³/mol. The lowest BCUT2D eigenvalue weighted by atomic mass is 9.68. The Kier molecular flexibility index (Phi) is 6.64. The summed E-state index contributed by atoms with van der Waals surface area (Å²) in [5.74, 6) is 2.10. The number of rotatable bonds is 8. The van der Waals surface area contributed by atoms with Crippen molar-refractivity contribution in [1.29, 1.82) is 0 Å². The maximum Gasteiger partial charge on any atom is 0.410 e. The van der Waals surface area contributed by atoms with Crippen molar-refractivity contribution in [2.75, 3.05) is 59.7 Å². The van der Waals surface area contributed by atoms with E-state index in [4.69, 9.17) is 23.7 Å². The first-order valence-electron chi connectivity index (χ1n) is 14.0. The maximum absolute atomic E-state index is 13.0. The molecular weight excluding hydrogens is 460 g/mol. The molecule has 8 heteroatoms. The molecule has 5 saturated heterocycles. The molecule has 0 bridgehead atoms. The minimum atomic E-state index is -0.309. The second-order valence-electron chi connectivity index (χ2n) is 12.7. The average Bonchev–Trinajstić information content (AvgIpc) is 3.60. The minimum Gasteiger partial charge on any atom is -0.443 e. The zero-order chi connectivity index (χ0) is 25.1. The summed E-state index contributed by atoms with van der Waals surface area (Å²) in [7, 11) is 1.73. The molecular formula is C28H44N2O6. The molecule has 1 amide bonds. The van der Waals surface area contributed by atoms with Crippen molar-refractivity contribution >= 4 is 6.09 Å². The highest BCUT2D eigenvalue weighted by Gasteiger charge is 2.72. The van der Waals surface area contributed by atoms with Gasteiger partial charge < -0.3 is 33.5 Å². The van der Waals surface area contributed by atoms with Crippen molar-refractivity contribution < 1.29 is 28.5 Å². The number of amides is 1. The zero-order valence-corrected chi connectivity index (χ0v) is 22.4. The highest BCUT2D eigenvalue weighted by atomic mass is 16.6. The molecule has 5 heterocycles. The summed E-state index contributed by atoms with van der Waals surface area (Å²) in [5.41, 5.74) is 0.797. The molecule has 36 heavy (non-hydrogen) atoms. The number of hydrogen-bond acceptors (Lipinski definition) is 7. The number of methoxy groups -OCH3 is 1. The van der Waals surface area contributed by atoms with Crippen LogP contribution < -0.4 is 0 Å². The third kappa shape index (κ3) is 4.62. The van der Waals surface area contributed by atoms with Crippen LogP contribution in [0.15, 0.2) is 11.6 Å². The first-order chi connectivity index (χ1) is 17.3. The van der Waals surface area contributed by atoms with Gasteiger partial charge in [-0.15, -0.1) is 0 Å². The molecule has 0 unspecified atom stereocenters. The number of allylic oxidation sites excluding steroid dienone is 1. The van der Waals surface area contributed by atoms with Crippen LogP contribution >= 0.6 is 0 Å². The zero-order valence-electron chi connectivity index (χ0n) is 22.4. The summed E-state index contributed by atoms with van der Waals surface area (Å²) >= 11 is 0. The van der Waals surface area contributed by atoms with E-state index in [1.165, 1.54) is 18.7 Å². The fraction of sp³-hybridized carbons (Fsp3) is 0.893. The molecule has 6 aliphatic rings. The Labute approximate surface area is 215 Å². The van der Waals surface area contributed by atoms with Crippen LogP contribution in [0.4, 0.5) is 4.79 Å². The van der Waals surface area contributed by atoms with Crippen molar-refractivity contribution in [2.45, 2.75) is 76.0 Å². The van der Waals surface area contributed by atoms with Gasteiger partial charge in [0.1, 0.15) is 23.4 Å². The summed E-state index contributed by atoms with van der Waals surface area (Å²) in [4.78, 5) is 17.5.